The standard InChI is InChI=1S/C29H31Cl2N3O3/c1-3-16-32-28(36)24(4-2)34(18-21-22(30)12-7-13-23(21)31)26(35)15-8-17-33-25-14-6-10-19-9-5-11-20(27(19)25)29(33)37/h5-7,9-14,24H,3-4,8,15-18H2,1-2H3,(H,32,36)/t24-/m1/s1. The van der Waals surface area contributed by atoms with Gasteiger partial charge in [0.1, 0.15) is 6.04 Å². The van der Waals surface area contributed by atoms with Crippen molar-refractivity contribution in [2.75, 3.05) is 18.0 Å². The number of nitrogens with zero attached hydrogens (tertiary/aromatic N) is 2. The third-order valence-electron chi connectivity index (χ3n) is 6.75. The Hall–Kier alpha value is -3.09. The van der Waals surface area contributed by atoms with Gasteiger partial charge < -0.3 is 15.1 Å². The van der Waals surface area contributed by atoms with Crippen LogP contribution < -0.4 is 10.2 Å². The van der Waals surface area contributed by atoms with Crippen LogP contribution in [-0.4, -0.2) is 41.8 Å². The van der Waals surface area contributed by atoms with Crippen molar-refractivity contribution in [3.8, 4) is 0 Å². The van der Waals surface area contributed by atoms with Gasteiger partial charge >= 0.3 is 0 Å². The van der Waals surface area contributed by atoms with E-state index in [9.17, 15) is 14.4 Å². The fraction of sp³-hybridized carbons (Fsp3) is 0.345. The van der Waals surface area contributed by atoms with Gasteiger partial charge in [-0.1, -0.05) is 67.4 Å². The van der Waals surface area contributed by atoms with E-state index in [0.29, 0.717) is 47.1 Å². The quantitative estimate of drug-likeness (QED) is 0.314. The van der Waals surface area contributed by atoms with Crippen LogP contribution in [0.15, 0.2) is 54.6 Å². The van der Waals surface area contributed by atoms with Gasteiger partial charge in [0.15, 0.2) is 0 Å². The highest BCUT2D eigenvalue weighted by atomic mass is 35.5. The molecule has 0 saturated carbocycles. The van der Waals surface area contributed by atoms with Crippen LogP contribution in [0.5, 0.6) is 0 Å². The van der Waals surface area contributed by atoms with Crippen LogP contribution in [0.4, 0.5) is 5.69 Å². The Morgan fingerprint density at radius 3 is 2.35 bits per heavy atom. The Kier molecular flexibility index (Phi) is 8.72. The molecule has 0 spiro atoms. The van der Waals surface area contributed by atoms with E-state index >= 15 is 0 Å². The number of rotatable bonds is 11. The average molecular weight is 540 g/mol. The predicted octanol–water partition coefficient (Wildman–Crippen LogP) is 6.22. The topological polar surface area (TPSA) is 69.7 Å². The molecule has 37 heavy (non-hydrogen) atoms. The average Bonchev–Trinajstić information content (AvgIpc) is 3.17. The zero-order valence-corrected chi connectivity index (χ0v) is 22.6. The molecule has 0 saturated heterocycles. The summed E-state index contributed by atoms with van der Waals surface area (Å²) in [7, 11) is 0. The molecule has 0 radical (unpaired) electrons. The Bertz CT molecular complexity index is 1300. The highest BCUT2D eigenvalue weighted by Crippen LogP contribution is 2.37. The third kappa shape index (κ3) is 5.60. The lowest BCUT2D eigenvalue weighted by Gasteiger charge is -2.31. The summed E-state index contributed by atoms with van der Waals surface area (Å²) in [6, 6.07) is 16.1. The molecule has 3 amide bonds. The molecule has 0 aromatic heterocycles. The van der Waals surface area contributed by atoms with Gasteiger partial charge in [-0.15, -0.1) is 0 Å². The number of carbonyl (C=O) groups is 3. The van der Waals surface area contributed by atoms with Crippen molar-refractivity contribution in [1.29, 1.82) is 0 Å². The van der Waals surface area contributed by atoms with Crippen molar-refractivity contribution >= 4 is 57.4 Å². The molecule has 6 nitrogen and oxygen atoms in total. The number of hydrogen-bond donors (Lipinski definition) is 1. The number of hydrogen-bond acceptors (Lipinski definition) is 3. The molecular weight excluding hydrogens is 509 g/mol. The van der Waals surface area contributed by atoms with E-state index in [-0.39, 0.29) is 30.7 Å². The van der Waals surface area contributed by atoms with Gasteiger partial charge in [0, 0.05) is 52.6 Å². The second-order valence-corrected chi connectivity index (χ2v) is 9.99. The summed E-state index contributed by atoms with van der Waals surface area (Å²) < 4.78 is 0. The summed E-state index contributed by atoms with van der Waals surface area (Å²) in [5.74, 6) is -0.432. The van der Waals surface area contributed by atoms with Crippen LogP contribution >= 0.6 is 23.2 Å². The van der Waals surface area contributed by atoms with E-state index < -0.39 is 6.04 Å². The molecule has 3 aromatic carbocycles. The Morgan fingerprint density at radius 1 is 1.00 bits per heavy atom. The lowest BCUT2D eigenvalue weighted by atomic mass is 10.1. The molecule has 0 bridgehead atoms. The summed E-state index contributed by atoms with van der Waals surface area (Å²) in [6.07, 6.45) is 1.88. The third-order valence-corrected chi connectivity index (χ3v) is 7.45. The number of halogens is 2. The Labute approximate surface area is 227 Å². The highest BCUT2D eigenvalue weighted by Gasteiger charge is 2.31. The summed E-state index contributed by atoms with van der Waals surface area (Å²) in [4.78, 5) is 42.9. The molecule has 1 aliphatic rings. The monoisotopic (exact) mass is 539 g/mol. The van der Waals surface area contributed by atoms with Crippen molar-refractivity contribution in [1.82, 2.24) is 10.2 Å². The fourth-order valence-electron chi connectivity index (χ4n) is 4.87. The van der Waals surface area contributed by atoms with Gasteiger partial charge in [-0.3, -0.25) is 14.4 Å². The molecule has 1 N–H and O–H groups in total. The molecule has 1 heterocycles. The largest absolute Gasteiger partial charge is 0.354 e. The van der Waals surface area contributed by atoms with Crippen molar-refractivity contribution in [3.05, 3.63) is 75.8 Å². The van der Waals surface area contributed by atoms with Crippen LogP contribution in [0.2, 0.25) is 10.0 Å². The smallest absolute Gasteiger partial charge is 0.258 e. The highest BCUT2D eigenvalue weighted by molar-refractivity contribution is 6.36. The molecular formula is C29H31Cl2N3O3. The zero-order valence-electron chi connectivity index (χ0n) is 21.1. The van der Waals surface area contributed by atoms with E-state index in [2.05, 4.69) is 5.32 Å². The summed E-state index contributed by atoms with van der Waals surface area (Å²) >= 11 is 12.8. The summed E-state index contributed by atoms with van der Waals surface area (Å²) in [5, 5.41) is 5.78. The predicted molar refractivity (Wildman–Crippen MR) is 149 cm³/mol. The maximum absolute atomic E-state index is 13.6. The molecule has 0 aliphatic carbocycles. The normalized spacial score (nSPS) is 13.2. The fourth-order valence-corrected chi connectivity index (χ4v) is 5.39. The van der Waals surface area contributed by atoms with Gasteiger partial charge in [0.25, 0.3) is 5.91 Å². The van der Waals surface area contributed by atoms with Crippen molar-refractivity contribution in [2.45, 2.75) is 52.1 Å². The van der Waals surface area contributed by atoms with Crippen LogP contribution in [-0.2, 0) is 16.1 Å². The molecule has 1 atom stereocenters. The molecule has 8 heteroatoms. The minimum Gasteiger partial charge on any atom is -0.354 e. The first-order chi connectivity index (χ1) is 17.9. The Balaban J connectivity index is 1.51. The Morgan fingerprint density at radius 2 is 1.68 bits per heavy atom. The second-order valence-electron chi connectivity index (χ2n) is 9.18. The van der Waals surface area contributed by atoms with Crippen LogP contribution in [0.3, 0.4) is 0 Å². The first-order valence-corrected chi connectivity index (χ1v) is 13.5. The van der Waals surface area contributed by atoms with E-state index in [1.807, 2.05) is 50.2 Å². The molecule has 3 aromatic rings. The van der Waals surface area contributed by atoms with E-state index in [1.54, 1.807) is 28.0 Å². The second kappa shape index (κ2) is 12.0. The minimum atomic E-state index is -0.655. The zero-order chi connectivity index (χ0) is 26.5. The van der Waals surface area contributed by atoms with Gasteiger partial charge in [-0.05, 0) is 48.9 Å². The van der Waals surface area contributed by atoms with E-state index in [1.165, 1.54) is 0 Å². The van der Waals surface area contributed by atoms with Crippen molar-refractivity contribution in [2.24, 2.45) is 0 Å². The molecule has 4 rings (SSSR count). The number of carbonyl (C=O) groups excluding carboxylic acids is 3. The first-order valence-electron chi connectivity index (χ1n) is 12.7. The van der Waals surface area contributed by atoms with Gasteiger partial charge in [0.05, 0.1) is 5.69 Å². The minimum absolute atomic E-state index is 0.0515. The molecule has 0 unspecified atom stereocenters. The van der Waals surface area contributed by atoms with Crippen LogP contribution in [0.25, 0.3) is 10.8 Å². The van der Waals surface area contributed by atoms with E-state index in [0.717, 1.165) is 22.9 Å². The SMILES string of the molecule is CCCNC(=O)[C@@H](CC)N(Cc1c(Cl)cccc1Cl)C(=O)CCCN1C(=O)c2cccc3cccc1c23. The van der Waals surface area contributed by atoms with Crippen LogP contribution in [0.1, 0.15) is 55.5 Å². The van der Waals surface area contributed by atoms with Crippen LogP contribution in [0, 0.1) is 0 Å². The lowest BCUT2D eigenvalue weighted by Crippen LogP contribution is -2.49. The summed E-state index contributed by atoms with van der Waals surface area (Å²) in [6.45, 7) is 4.92. The summed E-state index contributed by atoms with van der Waals surface area (Å²) in [5.41, 5.74) is 2.17. The molecule has 0 fully saturated rings. The number of anilines is 1. The van der Waals surface area contributed by atoms with E-state index in [4.69, 9.17) is 23.2 Å². The maximum Gasteiger partial charge on any atom is 0.258 e. The maximum atomic E-state index is 13.6. The molecule has 194 valence electrons. The van der Waals surface area contributed by atoms with Crippen molar-refractivity contribution < 1.29 is 14.4 Å². The van der Waals surface area contributed by atoms with Gasteiger partial charge in [-0.25, -0.2) is 0 Å². The lowest BCUT2D eigenvalue weighted by molar-refractivity contribution is -0.141. The molecule has 1 aliphatic heterocycles. The first kappa shape index (κ1) is 27.0. The van der Waals surface area contributed by atoms with Gasteiger partial charge in [0.2, 0.25) is 11.8 Å². The number of amides is 3. The van der Waals surface area contributed by atoms with Crippen molar-refractivity contribution in [3.63, 3.8) is 0 Å². The van der Waals surface area contributed by atoms with Gasteiger partial charge in [-0.2, -0.15) is 0 Å². The number of benzene rings is 3. The number of nitrogens with one attached hydrogen (secondary N) is 1.